The largest absolute Gasteiger partial charge is 0.477 e. The highest BCUT2D eigenvalue weighted by Crippen LogP contribution is 2.27. The number of nitrogens with zero attached hydrogens (tertiary/aromatic N) is 3. The molecule has 0 spiro atoms. The number of carbonyl (C=O) groups is 1. The van der Waals surface area contributed by atoms with Gasteiger partial charge in [0.05, 0.1) is 0 Å². The maximum absolute atomic E-state index is 11.7. The normalized spacial score (nSPS) is 11.7. The van der Waals surface area contributed by atoms with Crippen LogP contribution in [-0.2, 0) is 11.2 Å². The van der Waals surface area contributed by atoms with Gasteiger partial charge in [-0.2, -0.15) is 0 Å². The molecule has 1 aromatic carbocycles. The molecule has 0 saturated carbocycles. The molecule has 0 radical (unpaired) electrons. The van der Waals surface area contributed by atoms with E-state index in [0.29, 0.717) is 5.16 Å². The number of aromatic amines is 1. The van der Waals surface area contributed by atoms with E-state index in [9.17, 15) is 9.90 Å². The van der Waals surface area contributed by atoms with E-state index in [-0.39, 0.29) is 4.91 Å². The summed E-state index contributed by atoms with van der Waals surface area (Å²) in [5.74, 6) is -0.252. The summed E-state index contributed by atoms with van der Waals surface area (Å²) in [6.07, 6.45) is 5.25. The van der Waals surface area contributed by atoms with E-state index in [1.54, 1.807) is 6.08 Å². The number of hydrogen-bond donors (Lipinski definition) is 2. The number of H-pyrrole nitrogens is 1. The fourth-order valence-corrected chi connectivity index (χ4v) is 3.36. The maximum Gasteiger partial charge on any atom is 0.342 e. The first-order valence-corrected chi connectivity index (χ1v) is 9.65. The Hall–Kier alpha value is -2.32. The molecule has 0 unspecified atom stereocenters. The number of benzene rings is 1. The van der Waals surface area contributed by atoms with Crippen molar-refractivity contribution in [1.82, 2.24) is 19.7 Å². The lowest BCUT2D eigenvalue weighted by Gasteiger charge is -2.07. The second-order valence-electron chi connectivity index (χ2n) is 5.51. The number of hydrogen-bond acceptors (Lipinski definition) is 4. The van der Waals surface area contributed by atoms with Crippen LogP contribution in [0.3, 0.4) is 0 Å². The third-order valence-electron chi connectivity index (χ3n) is 3.57. The monoisotopic (exact) mass is 432 g/mol. The van der Waals surface area contributed by atoms with Crippen molar-refractivity contribution in [2.45, 2.75) is 24.9 Å². The quantitative estimate of drug-likeness (QED) is 0.423. The Kier molecular flexibility index (Phi) is 5.95. The molecule has 8 heteroatoms. The van der Waals surface area contributed by atoms with Crippen molar-refractivity contribution in [2.75, 3.05) is 0 Å². The molecule has 6 nitrogen and oxygen atoms in total. The zero-order valence-corrected chi connectivity index (χ0v) is 16.4. The van der Waals surface area contributed by atoms with Crippen LogP contribution in [0.15, 0.2) is 57.1 Å². The molecule has 0 saturated heterocycles. The van der Waals surface area contributed by atoms with Gasteiger partial charge < -0.3 is 9.67 Å². The predicted molar refractivity (Wildman–Crippen MR) is 105 cm³/mol. The standard InChI is InChI=1S/C18H17BrN4O2S/c1-2-4-16-20-18(22-21-16)26-15(17(24)25)11-14-5-3-10-23(14)13-8-6-12(19)7-9-13/h3,5-11H,2,4H2,1H3,(H,24,25)(H,20,21,22)/b15-11-. The van der Waals surface area contributed by atoms with Crippen molar-refractivity contribution >= 4 is 39.7 Å². The molecule has 3 aromatic rings. The van der Waals surface area contributed by atoms with E-state index in [1.165, 1.54) is 0 Å². The number of nitrogens with one attached hydrogen (secondary N) is 1. The minimum absolute atomic E-state index is 0.157. The van der Waals surface area contributed by atoms with Gasteiger partial charge in [-0.05, 0) is 60.7 Å². The third kappa shape index (κ3) is 4.44. The van der Waals surface area contributed by atoms with Crippen LogP contribution in [0.1, 0.15) is 24.9 Å². The summed E-state index contributed by atoms with van der Waals surface area (Å²) >= 11 is 4.45. The van der Waals surface area contributed by atoms with Gasteiger partial charge in [-0.25, -0.2) is 9.78 Å². The van der Waals surface area contributed by atoms with Crippen molar-refractivity contribution in [3.8, 4) is 5.69 Å². The molecular formula is C18H17BrN4O2S. The molecule has 0 aliphatic heterocycles. The lowest BCUT2D eigenvalue weighted by atomic mass is 10.3. The van der Waals surface area contributed by atoms with Gasteiger partial charge in [-0.15, -0.1) is 5.10 Å². The van der Waals surface area contributed by atoms with Gasteiger partial charge >= 0.3 is 5.97 Å². The molecule has 134 valence electrons. The van der Waals surface area contributed by atoms with Crippen LogP contribution in [0.25, 0.3) is 11.8 Å². The van der Waals surface area contributed by atoms with E-state index in [4.69, 9.17) is 0 Å². The van der Waals surface area contributed by atoms with E-state index < -0.39 is 5.97 Å². The second kappa shape index (κ2) is 8.37. The van der Waals surface area contributed by atoms with Crippen molar-refractivity contribution in [1.29, 1.82) is 0 Å². The highest BCUT2D eigenvalue weighted by atomic mass is 79.9. The SMILES string of the molecule is CCCc1nc(S/C(=C\c2cccn2-c2ccc(Br)cc2)C(=O)O)n[nH]1. The van der Waals surface area contributed by atoms with Crippen molar-refractivity contribution < 1.29 is 9.90 Å². The Morgan fingerprint density at radius 1 is 1.35 bits per heavy atom. The molecular weight excluding hydrogens is 416 g/mol. The van der Waals surface area contributed by atoms with Crippen LogP contribution in [0.2, 0.25) is 0 Å². The minimum atomic E-state index is -1.01. The number of aromatic nitrogens is 4. The molecule has 3 rings (SSSR count). The van der Waals surface area contributed by atoms with Gasteiger partial charge in [0, 0.05) is 28.5 Å². The van der Waals surface area contributed by atoms with Crippen molar-refractivity contribution in [3.63, 3.8) is 0 Å². The number of halogens is 1. The van der Waals surface area contributed by atoms with Crippen molar-refractivity contribution in [2.24, 2.45) is 0 Å². The molecule has 2 aromatic heterocycles. The predicted octanol–water partition coefficient (Wildman–Crippen LogP) is 4.53. The molecule has 2 N–H and O–H groups in total. The van der Waals surface area contributed by atoms with E-state index in [2.05, 4.69) is 31.1 Å². The van der Waals surface area contributed by atoms with Crippen LogP contribution in [0.4, 0.5) is 0 Å². The number of carboxylic acid groups (broad SMARTS) is 1. The molecule has 0 amide bonds. The maximum atomic E-state index is 11.7. The first-order chi connectivity index (χ1) is 12.6. The van der Waals surface area contributed by atoms with Crippen LogP contribution in [0.5, 0.6) is 0 Å². The fraction of sp³-hybridized carbons (Fsp3) is 0.167. The van der Waals surface area contributed by atoms with Gasteiger partial charge in [-0.3, -0.25) is 5.10 Å². The lowest BCUT2D eigenvalue weighted by molar-refractivity contribution is -0.131. The summed E-state index contributed by atoms with van der Waals surface area (Å²) in [4.78, 5) is 16.2. The summed E-state index contributed by atoms with van der Waals surface area (Å²) in [5.41, 5.74) is 1.71. The topological polar surface area (TPSA) is 83.8 Å². The Balaban J connectivity index is 1.89. The molecule has 0 fully saturated rings. The summed E-state index contributed by atoms with van der Waals surface area (Å²) in [5, 5.41) is 16.9. The van der Waals surface area contributed by atoms with E-state index in [1.807, 2.05) is 54.1 Å². The number of thioether (sulfide) groups is 1. The first kappa shape index (κ1) is 18.5. The number of aryl methyl sites for hydroxylation is 1. The zero-order chi connectivity index (χ0) is 18.5. The van der Waals surface area contributed by atoms with Crippen LogP contribution in [0, 0.1) is 0 Å². The highest BCUT2D eigenvalue weighted by Gasteiger charge is 2.15. The van der Waals surface area contributed by atoms with Gasteiger partial charge in [0.2, 0.25) is 5.16 Å². The average molecular weight is 433 g/mol. The summed E-state index contributed by atoms with van der Waals surface area (Å²) in [6.45, 7) is 2.05. The van der Waals surface area contributed by atoms with E-state index in [0.717, 1.165) is 46.3 Å². The average Bonchev–Trinajstić information content (AvgIpc) is 3.25. The molecule has 26 heavy (non-hydrogen) atoms. The van der Waals surface area contributed by atoms with Gasteiger partial charge in [0.15, 0.2) is 0 Å². The highest BCUT2D eigenvalue weighted by molar-refractivity contribution is 9.10. The fourth-order valence-electron chi connectivity index (χ4n) is 2.39. The Morgan fingerprint density at radius 3 is 2.81 bits per heavy atom. The summed E-state index contributed by atoms with van der Waals surface area (Å²) in [7, 11) is 0. The zero-order valence-electron chi connectivity index (χ0n) is 14.0. The minimum Gasteiger partial charge on any atom is -0.477 e. The molecule has 2 heterocycles. The van der Waals surface area contributed by atoms with Crippen molar-refractivity contribution in [3.05, 3.63) is 63.5 Å². The van der Waals surface area contributed by atoms with E-state index >= 15 is 0 Å². The lowest BCUT2D eigenvalue weighted by Crippen LogP contribution is -2.00. The second-order valence-corrected chi connectivity index (χ2v) is 7.43. The van der Waals surface area contributed by atoms with Crippen LogP contribution >= 0.6 is 27.7 Å². The summed E-state index contributed by atoms with van der Waals surface area (Å²) < 4.78 is 2.91. The van der Waals surface area contributed by atoms with Crippen LogP contribution < -0.4 is 0 Å². The molecule has 0 atom stereocenters. The molecule has 0 aliphatic carbocycles. The van der Waals surface area contributed by atoms with Crippen LogP contribution in [-0.4, -0.2) is 30.8 Å². The number of rotatable bonds is 7. The van der Waals surface area contributed by atoms with Gasteiger partial charge in [0.1, 0.15) is 10.7 Å². The Labute approximate surface area is 163 Å². The summed E-state index contributed by atoms with van der Waals surface area (Å²) in [6, 6.07) is 11.6. The number of aliphatic carboxylic acids is 1. The molecule has 0 bridgehead atoms. The Morgan fingerprint density at radius 2 is 2.12 bits per heavy atom. The first-order valence-electron chi connectivity index (χ1n) is 8.04. The third-order valence-corrected chi connectivity index (χ3v) is 4.98. The number of carboxylic acids is 1. The van der Waals surface area contributed by atoms with Gasteiger partial charge in [-0.1, -0.05) is 22.9 Å². The Bertz CT molecular complexity index is 931. The molecule has 0 aliphatic rings. The van der Waals surface area contributed by atoms with Gasteiger partial charge in [0.25, 0.3) is 0 Å². The smallest absolute Gasteiger partial charge is 0.342 e.